The van der Waals surface area contributed by atoms with Gasteiger partial charge in [-0.2, -0.15) is 0 Å². The van der Waals surface area contributed by atoms with Crippen LogP contribution in [0.2, 0.25) is 0 Å². The maximum Gasteiger partial charge on any atom is 0.248 e. The monoisotopic (exact) mass is 234 g/mol. The summed E-state index contributed by atoms with van der Waals surface area (Å²) in [5.41, 5.74) is 0. The molecule has 16 heavy (non-hydrogen) atoms. The van der Waals surface area contributed by atoms with Gasteiger partial charge in [0.05, 0.1) is 5.92 Å². The molecule has 3 heteroatoms. The van der Waals surface area contributed by atoms with Gasteiger partial charge in [0, 0.05) is 0 Å². The summed E-state index contributed by atoms with van der Waals surface area (Å²) in [5.74, 6) is -1.41. The highest BCUT2D eigenvalue weighted by Crippen LogP contribution is 2.19. The number of hydrogen-bond donors (Lipinski definition) is 0. The molecule has 0 heterocycles. The Morgan fingerprint density at radius 1 is 1.00 bits per heavy atom. The number of carbonyl (C=O) groups is 1. The minimum absolute atomic E-state index is 0.348. The molecule has 1 atom stereocenters. The first-order chi connectivity index (χ1) is 7.59. The van der Waals surface area contributed by atoms with Crippen LogP contribution in [0.4, 0.5) is 8.78 Å². The Bertz CT molecular complexity index is 181. The van der Waals surface area contributed by atoms with Crippen molar-refractivity contribution in [2.75, 3.05) is 0 Å². The first kappa shape index (κ1) is 15.5. The molecule has 0 aliphatic rings. The third-order valence-corrected chi connectivity index (χ3v) is 2.95. The lowest BCUT2D eigenvalue weighted by Gasteiger charge is -2.11. The van der Waals surface area contributed by atoms with Crippen molar-refractivity contribution in [2.45, 2.75) is 71.6 Å². The van der Waals surface area contributed by atoms with E-state index in [1.807, 2.05) is 0 Å². The lowest BCUT2D eigenvalue weighted by Crippen LogP contribution is -2.19. The van der Waals surface area contributed by atoms with Gasteiger partial charge in [-0.3, -0.25) is 4.79 Å². The molecule has 0 saturated heterocycles. The largest absolute Gasteiger partial charge is 0.299 e. The maximum atomic E-state index is 12.4. The Kier molecular flexibility index (Phi) is 9.45. The van der Waals surface area contributed by atoms with E-state index in [-0.39, 0.29) is 5.78 Å². The summed E-state index contributed by atoms with van der Waals surface area (Å²) in [6, 6.07) is 0. The van der Waals surface area contributed by atoms with Crippen LogP contribution in [-0.2, 0) is 4.79 Å². The second kappa shape index (κ2) is 9.73. The molecule has 0 radical (unpaired) electrons. The van der Waals surface area contributed by atoms with E-state index in [9.17, 15) is 13.6 Å². The number of alkyl halides is 2. The molecular weight excluding hydrogens is 210 g/mol. The normalized spacial score (nSPS) is 13.1. The van der Waals surface area contributed by atoms with Gasteiger partial charge in [-0.15, -0.1) is 0 Å². The van der Waals surface area contributed by atoms with Crippen molar-refractivity contribution >= 4 is 5.78 Å². The quantitative estimate of drug-likeness (QED) is 0.505. The summed E-state index contributed by atoms with van der Waals surface area (Å²) in [6.07, 6.45) is 5.59. The molecule has 1 nitrogen and oxygen atoms in total. The summed E-state index contributed by atoms with van der Waals surface area (Å²) in [7, 11) is 0. The highest BCUT2D eigenvalue weighted by molar-refractivity contribution is 5.78. The van der Waals surface area contributed by atoms with Gasteiger partial charge >= 0.3 is 0 Å². The lowest BCUT2D eigenvalue weighted by molar-refractivity contribution is -0.125. The molecule has 0 spiro atoms. The molecule has 0 saturated carbocycles. The van der Waals surface area contributed by atoms with Crippen LogP contribution in [0.15, 0.2) is 0 Å². The predicted octanol–water partition coefficient (Wildman–Crippen LogP) is 4.60. The molecular formula is C13H24F2O. The van der Waals surface area contributed by atoms with E-state index in [0.717, 1.165) is 19.3 Å². The van der Waals surface area contributed by atoms with Crippen molar-refractivity contribution in [1.82, 2.24) is 0 Å². The highest BCUT2D eigenvalue weighted by atomic mass is 19.3. The average Bonchev–Trinajstić information content (AvgIpc) is 2.21. The molecule has 0 aliphatic carbocycles. The van der Waals surface area contributed by atoms with Crippen LogP contribution in [0, 0.1) is 5.92 Å². The third kappa shape index (κ3) is 7.77. The molecule has 1 unspecified atom stereocenters. The van der Waals surface area contributed by atoms with Crippen LogP contribution in [0.25, 0.3) is 0 Å². The average molecular weight is 234 g/mol. The zero-order valence-corrected chi connectivity index (χ0v) is 10.5. The van der Waals surface area contributed by atoms with Gasteiger partial charge < -0.3 is 0 Å². The van der Waals surface area contributed by atoms with E-state index >= 15 is 0 Å². The number of carbonyl (C=O) groups excluding carboxylic acids is 1. The SMILES string of the molecule is CCCCCCCCCC(C(C)=O)C(F)F. The number of hydrogen-bond acceptors (Lipinski definition) is 1. The topological polar surface area (TPSA) is 17.1 Å². The lowest BCUT2D eigenvalue weighted by atomic mass is 9.97. The van der Waals surface area contributed by atoms with Crippen LogP contribution in [0.1, 0.15) is 65.2 Å². The van der Waals surface area contributed by atoms with E-state index in [0.29, 0.717) is 6.42 Å². The number of ketones is 1. The molecule has 0 aromatic rings. The zero-order chi connectivity index (χ0) is 12.4. The summed E-state index contributed by atoms with van der Waals surface area (Å²) >= 11 is 0. The Morgan fingerprint density at radius 3 is 1.94 bits per heavy atom. The second-order valence-electron chi connectivity index (χ2n) is 4.46. The van der Waals surface area contributed by atoms with Gasteiger partial charge in [-0.1, -0.05) is 51.9 Å². The van der Waals surface area contributed by atoms with Crippen LogP contribution < -0.4 is 0 Å². The van der Waals surface area contributed by atoms with Crippen LogP contribution >= 0.6 is 0 Å². The van der Waals surface area contributed by atoms with Gasteiger partial charge in [-0.25, -0.2) is 8.78 Å². The van der Waals surface area contributed by atoms with Gasteiger partial charge in [0.15, 0.2) is 0 Å². The number of halogens is 2. The zero-order valence-electron chi connectivity index (χ0n) is 10.5. The van der Waals surface area contributed by atoms with Crippen molar-refractivity contribution in [3.63, 3.8) is 0 Å². The number of rotatable bonds is 10. The second-order valence-corrected chi connectivity index (χ2v) is 4.46. The van der Waals surface area contributed by atoms with Gasteiger partial charge in [0.2, 0.25) is 6.43 Å². The Hall–Kier alpha value is -0.470. The van der Waals surface area contributed by atoms with E-state index in [1.165, 1.54) is 32.6 Å². The minimum atomic E-state index is -2.49. The molecule has 0 aromatic heterocycles. The van der Waals surface area contributed by atoms with Crippen molar-refractivity contribution in [1.29, 1.82) is 0 Å². The maximum absolute atomic E-state index is 12.4. The fourth-order valence-electron chi connectivity index (χ4n) is 1.83. The van der Waals surface area contributed by atoms with Gasteiger partial charge in [-0.05, 0) is 13.3 Å². The fourth-order valence-corrected chi connectivity index (χ4v) is 1.83. The van der Waals surface area contributed by atoms with Gasteiger partial charge in [0.1, 0.15) is 5.78 Å². The predicted molar refractivity (Wildman–Crippen MR) is 62.8 cm³/mol. The Labute approximate surface area is 97.6 Å². The van der Waals surface area contributed by atoms with Crippen molar-refractivity contribution in [3.8, 4) is 0 Å². The summed E-state index contributed by atoms with van der Waals surface area (Å²) in [4.78, 5) is 10.9. The molecule has 0 rings (SSSR count). The molecule has 0 fully saturated rings. The van der Waals surface area contributed by atoms with Crippen molar-refractivity contribution < 1.29 is 13.6 Å². The minimum Gasteiger partial charge on any atom is -0.299 e. The van der Waals surface area contributed by atoms with E-state index in [2.05, 4.69) is 6.92 Å². The molecule has 0 amide bonds. The van der Waals surface area contributed by atoms with E-state index in [4.69, 9.17) is 0 Å². The smallest absolute Gasteiger partial charge is 0.248 e. The van der Waals surface area contributed by atoms with E-state index in [1.54, 1.807) is 0 Å². The van der Waals surface area contributed by atoms with Crippen molar-refractivity contribution in [2.24, 2.45) is 5.92 Å². The molecule has 0 aliphatic heterocycles. The highest BCUT2D eigenvalue weighted by Gasteiger charge is 2.23. The number of Topliss-reactive ketones (excluding diaryl/α,β-unsaturated/α-hetero) is 1. The standard InChI is InChI=1S/C13H24F2O/c1-3-4-5-6-7-8-9-10-12(11(2)16)13(14)15/h12-13H,3-10H2,1-2H3. The summed E-state index contributed by atoms with van der Waals surface area (Å²) in [5, 5.41) is 0. The van der Waals surface area contributed by atoms with Crippen LogP contribution in [-0.4, -0.2) is 12.2 Å². The first-order valence-electron chi connectivity index (χ1n) is 6.38. The van der Waals surface area contributed by atoms with E-state index < -0.39 is 12.3 Å². The third-order valence-electron chi connectivity index (χ3n) is 2.95. The Balaban J connectivity index is 3.45. The summed E-state index contributed by atoms with van der Waals surface area (Å²) in [6.45, 7) is 3.43. The molecule has 96 valence electrons. The van der Waals surface area contributed by atoms with Crippen LogP contribution in [0.5, 0.6) is 0 Å². The van der Waals surface area contributed by atoms with Crippen molar-refractivity contribution in [3.05, 3.63) is 0 Å². The Morgan fingerprint density at radius 2 is 1.50 bits per heavy atom. The molecule has 0 N–H and O–H groups in total. The molecule has 0 bridgehead atoms. The summed E-state index contributed by atoms with van der Waals surface area (Å²) < 4.78 is 24.8. The number of unbranched alkanes of at least 4 members (excludes halogenated alkanes) is 6. The van der Waals surface area contributed by atoms with Crippen LogP contribution in [0.3, 0.4) is 0 Å². The molecule has 0 aromatic carbocycles. The van der Waals surface area contributed by atoms with Gasteiger partial charge in [0.25, 0.3) is 0 Å². The first-order valence-corrected chi connectivity index (χ1v) is 6.38. The fraction of sp³-hybridized carbons (Fsp3) is 0.923.